The Labute approximate surface area is 134 Å². The van der Waals surface area contributed by atoms with E-state index in [0.717, 1.165) is 0 Å². The first kappa shape index (κ1) is 16.3. The van der Waals surface area contributed by atoms with Gasteiger partial charge in [-0.25, -0.2) is 4.39 Å². The fourth-order valence-electron chi connectivity index (χ4n) is 1.95. The minimum absolute atomic E-state index is 0.119. The third kappa shape index (κ3) is 4.21. The molecule has 1 amide bonds. The summed E-state index contributed by atoms with van der Waals surface area (Å²) in [6.45, 7) is 1.96. The largest absolute Gasteiger partial charge is 0.479 e. The topological polar surface area (TPSA) is 38.3 Å². The maximum Gasteiger partial charge on any atom is 0.261 e. The lowest BCUT2D eigenvalue weighted by atomic mass is 10.2. The van der Waals surface area contributed by atoms with Crippen LogP contribution in [0, 0.1) is 5.82 Å². The molecule has 0 radical (unpaired) electrons. The highest BCUT2D eigenvalue weighted by Crippen LogP contribution is 2.24. The average Bonchev–Trinajstić information content (AvgIpc) is 2.53. The zero-order chi connectivity index (χ0) is 15.9. The van der Waals surface area contributed by atoms with E-state index in [9.17, 15) is 9.18 Å². The zero-order valence-electron chi connectivity index (χ0n) is 12.2. The van der Waals surface area contributed by atoms with Gasteiger partial charge in [0.2, 0.25) is 0 Å². The Morgan fingerprint density at radius 3 is 2.59 bits per heavy atom. The number of carbonyl (C=O) groups is 1. The molecule has 0 heterocycles. The molecule has 2 rings (SSSR count). The number of benzene rings is 2. The summed E-state index contributed by atoms with van der Waals surface area (Å²) in [5.74, 6) is -0.189. The van der Waals surface area contributed by atoms with Crippen LogP contribution >= 0.6 is 11.6 Å². The molecule has 22 heavy (non-hydrogen) atoms. The van der Waals surface area contributed by atoms with Gasteiger partial charge in [-0.2, -0.15) is 0 Å². The van der Waals surface area contributed by atoms with E-state index in [0.29, 0.717) is 22.8 Å². The van der Waals surface area contributed by atoms with Gasteiger partial charge in [-0.1, -0.05) is 48.9 Å². The van der Waals surface area contributed by atoms with Crippen molar-refractivity contribution in [3.8, 4) is 5.75 Å². The van der Waals surface area contributed by atoms with E-state index in [1.54, 1.807) is 42.5 Å². The van der Waals surface area contributed by atoms with Gasteiger partial charge in [-0.05, 0) is 24.6 Å². The highest BCUT2D eigenvalue weighted by molar-refractivity contribution is 6.32. The van der Waals surface area contributed by atoms with Crippen LogP contribution in [-0.2, 0) is 11.3 Å². The van der Waals surface area contributed by atoms with Crippen molar-refractivity contribution >= 4 is 17.5 Å². The summed E-state index contributed by atoms with van der Waals surface area (Å²) in [4.78, 5) is 12.2. The van der Waals surface area contributed by atoms with Gasteiger partial charge in [0, 0.05) is 12.1 Å². The van der Waals surface area contributed by atoms with Crippen LogP contribution in [0.1, 0.15) is 18.9 Å². The highest BCUT2D eigenvalue weighted by Gasteiger charge is 2.19. The highest BCUT2D eigenvalue weighted by atomic mass is 35.5. The fourth-order valence-corrected chi connectivity index (χ4v) is 2.13. The van der Waals surface area contributed by atoms with E-state index in [2.05, 4.69) is 5.32 Å². The third-order valence-electron chi connectivity index (χ3n) is 3.18. The van der Waals surface area contributed by atoms with Crippen LogP contribution in [0.5, 0.6) is 5.75 Å². The minimum atomic E-state index is -0.674. The molecule has 0 bridgehead atoms. The number of hydrogen-bond acceptors (Lipinski definition) is 2. The van der Waals surface area contributed by atoms with Gasteiger partial charge in [-0.15, -0.1) is 0 Å². The van der Waals surface area contributed by atoms with Crippen LogP contribution in [0.3, 0.4) is 0 Å². The molecule has 1 atom stereocenters. The number of rotatable bonds is 6. The van der Waals surface area contributed by atoms with Crippen LogP contribution in [0.4, 0.5) is 4.39 Å². The number of halogens is 2. The van der Waals surface area contributed by atoms with E-state index in [1.165, 1.54) is 6.07 Å². The standard InChI is InChI=1S/C17H17ClFNO2/c1-2-15(22-16-10-6-4-8-13(16)18)17(21)20-11-12-7-3-5-9-14(12)19/h3-10,15H,2,11H2,1H3,(H,20,21). The minimum Gasteiger partial charge on any atom is -0.479 e. The lowest BCUT2D eigenvalue weighted by molar-refractivity contribution is -0.128. The van der Waals surface area contributed by atoms with Gasteiger partial charge in [0.15, 0.2) is 6.10 Å². The summed E-state index contributed by atoms with van der Waals surface area (Å²) in [7, 11) is 0. The molecule has 1 N–H and O–H groups in total. The molecule has 3 nitrogen and oxygen atoms in total. The molecule has 2 aromatic carbocycles. The SMILES string of the molecule is CCC(Oc1ccccc1Cl)C(=O)NCc1ccccc1F. The van der Waals surface area contributed by atoms with Crippen molar-refractivity contribution in [3.05, 3.63) is 64.9 Å². The molecule has 0 saturated carbocycles. The van der Waals surface area contributed by atoms with Crippen molar-refractivity contribution in [2.24, 2.45) is 0 Å². The first-order valence-electron chi connectivity index (χ1n) is 7.04. The van der Waals surface area contributed by atoms with Crippen LogP contribution < -0.4 is 10.1 Å². The van der Waals surface area contributed by atoms with Crippen LogP contribution in [0.15, 0.2) is 48.5 Å². The lowest BCUT2D eigenvalue weighted by Crippen LogP contribution is -2.37. The molecule has 1 unspecified atom stereocenters. The number of hydrogen-bond donors (Lipinski definition) is 1. The molecule has 0 aromatic heterocycles. The monoisotopic (exact) mass is 321 g/mol. The van der Waals surface area contributed by atoms with Crippen molar-refractivity contribution in [3.63, 3.8) is 0 Å². The Bertz CT molecular complexity index is 648. The quantitative estimate of drug-likeness (QED) is 0.874. The Balaban J connectivity index is 1.98. The Hall–Kier alpha value is -2.07. The number of carbonyl (C=O) groups excluding carboxylic acids is 1. The van der Waals surface area contributed by atoms with Gasteiger partial charge in [0.25, 0.3) is 5.91 Å². The Kier molecular flexibility index (Phi) is 5.78. The second-order valence-electron chi connectivity index (χ2n) is 4.75. The van der Waals surface area contributed by atoms with Gasteiger partial charge >= 0.3 is 0 Å². The van der Waals surface area contributed by atoms with Crippen molar-refractivity contribution in [2.45, 2.75) is 26.0 Å². The second kappa shape index (κ2) is 7.80. The van der Waals surface area contributed by atoms with Crippen molar-refractivity contribution < 1.29 is 13.9 Å². The predicted molar refractivity (Wildman–Crippen MR) is 84.4 cm³/mol. The number of ether oxygens (including phenoxy) is 1. The molecule has 116 valence electrons. The van der Waals surface area contributed by atoms with E-state index in [1.807, 2.05) is 6.92 Å². The van der Waals surface area contributed by atoms with Gasteiger partial charge in [0.1, 0.15) is 11.6 Å². The summed E-state index contributed by atoms with van der Waals surface area (Å²) in [5.41, 5.74) is 0.434. The average molecular weight is 322 g/mol. The summed E-state index contributed by atoms with van der Waals surface area (Å²) < 4.78 is 19.2. The Morgan fingerprint density at radius 2 is 1.91 bits per heavy atom. The molecule has 0 aliphatic carbocycles. The first-order valence-corrected chi connectivity index (χ1v) is 7.42. The molecule has 5 heteroatoms. The summed E-state index contributed by atoms with van der Waals surface area (Å²) in [5, 5.41) is 3.13. The molecule has 0 aliphatic rings. The number of amides is 1. The number of nitrogens with one attached hydrogen (secondary N) is 1. The van der Waals surface area contributed by atoms with Crippen LogP contribution in [-0.4, -0.2) is 12.0 Å². The van der Waals surface area contributed by atoms with E-state index in [-0.39, 0.29) is 18.3 Å². The summed E-state index contributed by atoms with van der Waals surface area (Å²) in [6, 6.07) is 13.3. The van der Waals surface area contributed by atoms with Gasteiger partial charge in [-0.3, -0.25) is 4.79 Å². The second-order valence-corrected chi connectivity index (χ2v) is 5.16. The van der Waals surface area contributed by atoms with Crippen LogP contribution in [0.2, 0.25) is 5.02 Å². The first-order chi connectivity index (χ1) is 10.6. The fraction of sp³-hybridized carbons (Fsp3) is 0.235. The smallest absolute Gasteiger partial charge is 0.261 e. The summed E-state index contributed by atoms with van der Waals surface area (Å²) in [6.07, 6.45) is -0.194. The van der Waals surface area contributed by atoms with Gasteiger partial charge in [0.05, 0.1) is 5.02 Å². The van der Waals surface area contributed by atoms with Crippen molar-refractivity contribution in [1.82, 2.24) is 5.32 Å². The molecule has 0 aliphatic heterocycles. The van der Waals surface area contributed by atoms with E-state index < -0.39 is 6.10 Å². The van der Waals surface area contributed by atoms with Crippen molar-refractivity contribution in [1.29, 1.82) is 0 Å². The maximum absolute atomic E-state index is 13.5. The van der Waals surface area contributed by atoms with Crippen LogP contribution in [0.25, 0.3) is 0 Å². The summed E-state index contributed by atoms with van der Waals surface area (Å²) >= 11 is 6.02. The zero-order valence-corrected chi connectivity index (χ0v) is 12.9. The van der Waals surface area contributed by atoms with Gasteiger partial charge < -0.3 is 10.1 Å². The molecular formula is C17H17ClFNO2. The normalized spacial score (nSPS) is 11.8. The molecule has 2 aromatic rings. The third-order valence-corrected chi connectivity index (χ3v) is 3.49. The molecule has 0 fully saturated rings. The Morgan fingerprint density at radius 1 is 1.23 bits per heavy atom. The van der Waals surface area contributed by atoms with Crippen molar-refractivity contribution in [2.75, 3.05) is 0 Å². The number of para-hydroxylation sites is 1. The van der Waals surface area contributed by atoms with E-state index >= 15 is 0 Å². The molecule has 0 saturated heterocycles. The maximum atomic E-state index is 13.5. The molecule has 0 spiro atoms. The van der Waals surface area contributed by atoms with E-state index in [4.69, 9.17) is 16.3 Å². The predicted octanol–water partition coefficient (Wildman–Crippen LogP) is 3.95. The lowest BCUT2D eigenvalue weighted by Gasteiger charge is -2.18. The molecular weight excluding hydrogens is 305 g/mol.